The van der Waals surface area contributed by atoms with Crippen LogP contribution in [0.1, 0.15) is 34.1 Å². The van der Waals surface area contributed by atoms with Crippen molar-refractivity contribution in [3.8, 4) is 17.2 Å². The van der Waals surface area contributed by atoms with Gasteiger partial charge in [0, 0.05) is 12.0 Å². The number of nitrogens with zero attached hydrogens (tertiary/aromatic N) is 1. The van der Waals surface area contributed by atoms with Crippen molar-refractivity contribution in [3.05, 3.63) is 107 Å². The van der Waals surface area contributed by atoms with Gasteiger partial charge >= 0.3 is 5.97 Å². The Morgan fingerprint density at radius 3 is 2.36 bits per heavy atom. The molecule has 5 nitrogen and oxygen atoms in total. The molecular weight excluding hydrogens is 414 g/mol. The van der Waals surface area contributed by atoms with E-state index in [2.05, 4.69) is 4.98 Å². The molecule has 0 spiro atoms. The third-order valence-electron chi connectivity index (χ3n) is 5.76. The second-order valence-electron chi connectivity index (χ2n) is 8.08. The Morgan fingerprint density at radius 1 is 1.00 bits per heavy atom. The quantitative estimate of drug-likeness (QED) is 0.345. The minimum atomic E-state index is -0.821. The summed E-state index contributed by atoms with van der Waals surface area (Å²) in [6, 6.07) is 25.0. The molecule has 1 N–H and O–H groups in total. The van der Waals surface area contributed by atoms with Crippen LogP contribution in [0, 0.1) is 13.8 Å². The molecular formula is C28H27NO4. The normalized spacial score (nSPS) is 11.8. The Balaban J connectivity index is 1.38. The van der Waals surface area contributed by atoms with Gasteiger partial charge in [0.05, 0.1) is 18.2 Å². The number of aryl methyl sites for hydroxylation is 2. The van der Waals surface area contributed by atoms with Crippen molar-refractivity contribution in [1.29, 1.82) is 0 Å². The molecule has 0 fully saturated rings. The first kappa shape index (κ1) is 22.3. The van der Waals surface area contributed by atoms with E-state index < -0.39 is 11.9 Å². The van der Waals surface area contributed by atoms with Crippen LogP contribution in [0.2, 0.25) is 0 Å². The van der Waals surface area contributed by atoms with Crippen molar-refractivity contribution in [1.82, 2.24) is 4.98 Å². The highest BCUT2D eigenvalue weighted by Crippen LogP contribution is 2.26. The number of rotatable bonds is 9. The number of aromatic nitrogens is 1. The van der Waals surface area contributed by atoms with Gasteiger partial charge in [-0.25, -0.2) is 4.98 Å². The molecule has 3 aromatic carbocycles. The van der Waals surface area contributed by atoms with Crippen LogP contribution in [0.3, 0.4) is 0 Å². The van der Waals surface area contributed by atoms with Gasteiger partial charge < -0.3 is 14.3 Å². The molecule has 0 saturated carbocycles. The van der Waals surface area contributed by atoms with E-state index >= 15 is 0 Å². The van der Waals surface area contributed by atoms with E-state index in [0.29, 0.717) is 25.3 Å². The van der Waals surface area contributed by atoms with E-state index in [4.69, 9.17) is 9.15 Å². The van der Waals surface area contributed by atoms with Gasteiger partial charge in [0.2, 0.25) is 5.89 Å². The standard InChI is InChI=1S/C28H27NO4/c1-19-17-24(14-13-23(19)18-25(28(30)31)21-9-5-3-6-10-21)32-16-15-26-20(2)33-27(29-26)22-11-7-4-8-12-22/h3-14,17,25H,15-16,18H2,1-2H3,(H,30,31). The molecule has 1 aromatic heterocycles. The molecule has 4 rings (SSSR count). The number of carbonyl (C=O) groups is 1. The minimum absolute atomic E-state index is 0.436. The van der Waals surface area contributed by atoms with Crippen molar-refractivity contribution < 1.29 is 19.1 Å². The molecule has 0 bridgehead atoms. The van der Waals surface area contributed by atoms with Crippen LogP contribution in [0.15, 0.2) is 83.3 Å². The second-order valence-corrected chi connectivity index (χ2v) is 8.08. The fraction of sp³-hybridized carbons (Fsp3) is 0.214. The minimum Gasteiger partial charge on any atom is -0.493 e. The van der Waals surface area contributed by atoms with Gasteiger partial charge in [-0.3, -0.25) is 4.79 Å². The van der Waals surface area contributed by atoms with Crippen molar-refractivity contribution in [2.24, 2.45) is 0 Å². The summed E-state index contributed by atoms with van der Waals surface area (Å²) < 4.78 is 11.8. The zero-order chi connectivity index (χ0) is 23.2. The number of carboxylic acids is 1. The number of ether oxygens (including phenoxy) is 1. The summed E-state index contributed by atoms with van der Waals surface area (Å²) in [6.45, 7) is 4.38. The molecule has 33 heavy (non-hydrogen) atoms. The largest absolute Gasteiger partial charge is 0.493 e. The lowest BCUT2D eigenvalue weighted by atomic mass is 9.90. The van der Waals surface area contributed by atoms with E-state index in [-0.39, 0.29) is 0 Å². The van der Waals surface area contributed by atoms with Gasteiger partial charge in [0.15, 0.2) is 0 Å². The lowest BCUT2D eigenvalue weighted by molar-refractivity contribution is -0.138. The molecule has 1 unspecified atom stereocenters. The van der Waals surface area contributed by atoms with Crippen LogP contribution in [0.25, 0.3) is 11.5 Å². The van der Waals surface area contributed by atoms with Crippen molar-refractivity contribution in [2.45, 2.75) is 32.6 Å². The van der Waals surface area contributed by atoms with Gasteiger partial charge in [-0.1, -0.05) is 54.6 Å². The summed E-state index contributed by atoms with van der Waals surface area (Å²) in [6.07, 6.45) is 1.07. The molecule has 1 heterocycles. The number of aliphatic carboxylic acids is 1. The highest BCUT2D eigenvalue weighted by molar-refractivity contribution is 5.76. The van der Waals surface area contributed by atoms with Gasteiger partial charge in [-0.15, -0.1) is 0 Å². The molecule has 0 aliphatic heterocycles. The van der Waals surface area contributed by atoms with E-state index in [0.717, 1.165) is 39.5 Å². The van der Waals surface area contributed by atoms with Crippen LogP contribution in [-0.4, -0.2) is 22.7 Å². The zero-order valence-electron chi connectivity index (χ0n) is 18.8. The van der Waals surface area contributed by atoms with Crippen LogP contribution in [0.4, 0.5) is 0 Å². The highest BCUT2D eigenvalue weighted by Gasteiger charge is 2.21. The predicted octanol–water partition coefficient (Wildman–Crippen LogP) is 5.99. The Labute approximate surface area is 193 Å². The maximum Gasteiger partial charge on any atom is 0.311 e. The number of carboxylic acid groups (broad SMARTS) is 1. The predicted molar refractivity (Wildman–Crippen MR) is 128 cm³/mol. The van der Waals surface area contributed by atoms with Crippen LogP contribution < -0.4 is 4.74 Å². The van der Waals surface area contributed by atoms with Crippen LogP contribution in [0.5, 0.6) is 5.75 Å². The summed E-state index contributed by atoms with van der Waals surface area (Å²) >= 11 is 0. The molecule has 0 radical (unpaired) electrons. The fourth-order valence-corrected chi connectivity index (χ4v) is 3.87. The molecule has 0 saturated heterocycles. The second kappa shape index (κ2) is 10.2. The molecule has 4 aromatic rings. The first-order chi connectivity index (χ1) is 16.0. The van der Waals surface area contributed by atoms with E-state index in [1.165, 1.54) is 0 Å². The monoisotopic (exact) mass is 441 g/mol. The number of oxazole rings is 1. The molecule has 0 aliphatic carbocycles. The molecule has 5 heteroatoms. The molecule has 168 valence electrons. The Kier molecular flexibility index (Phi) is 6.89. The molecule has 0 aliphatic rings. The average Bonchev–Trinajstić information content (AvgIpc) is 3.20. The SMILES string of the molecule is Cc1cc(OCCc2nc(-c3ccccc3)oc2C)ccc1CC(C(=O)O)c1ccccc1. The summed E-state index contributed by atoms with van der Waals surface area (Å²) in [5.41, 5.74) is 4.66. The smallest absolute Gasteiger partial charge is 0.311 e. The first-order valence-electron chi connectivity index (χ1n) is 11.0. The number of hydrogen-bond donors (Lipinski definition) is 1. The zero-order valence-corrected chi connectivity index (χ0v) is 18.8. The van der Waals surface area contributed by atoms with E-state index in [1.807, 2.05) is 92.7 Å². The van der Waals surface area contributed by atoms with Crippen LogP contribution >= 0.6 is 0 Å². The highest BCUT2D eigenvalue weighted by atomic mass is 16.5. The van der Waals surface area contributed by atoms with E-state index in [1.54, 1.807) is 0 Å². The number of hydrogen-bond acceptors (Lipinski definition) is 4. The van der Waals surface area contributed by atoms with Crippen LogP contribution in [-0.2, 0) is 17.6 Å². The third-order valence-corrected chi connectivity index (χ3v) is 5.76. The summed E-state index contributed by atoms with van der Waals surface area (Å²) in [7, 11) is 0. The lowest BCUT2D eigenvalue weighted by Crippen LogP contribution is -2.15. The van der Waals surface area contributed by atoms with Crippen molar-refractivity contribution in [2.75, 3.05) is 6.61 Å². The fourth-order valence-electron chi connectivity index (χ4n) is 3.87. The summed E-state index contributed by atoms with van der Waals surface area (Å²) in [5.74, 6) is 0.774. The molecule has 0 amide bonds. The lowest BCUT2D eigenvalue weighted by Gasteiger charge is -2.15. The number of benzene rings is 3. The average molecular weight is 442 g/mol. The van der Waals surface area contributed by atoms with Gasteiger partial charge in [0.1, 0.15) is 11.5 Å². The summed E-state index contributed by atoms with van der Waals surface area (Å²) in [5, 5.41) is 9.72. The van der Waals surface area contributed by atoms with E-state index in [9.17, 15) is 9.90 Å². The first-order valence-corrected chi connectivity index (χ1v) is 11.0. The topological polar surface area (TPSA) is 72.6 Å². The van der Waals surface area contributed by atoms with Crippen molar-refractivity contribution in [3.63, 3.8) is 0 Å². The Hall–Kier alpha value is -3.86. The molecule has 1 atom stereocenters. The van der Waals surface area contributed by atoms with Gasteiger partial charge in [-0.05, 0) is 61.2 Å². The van der Waals surface area contributed by atoms with Crippen molar-refractivity contribution >= 4 is 5.97 Å². The third kappa shape index (κ3) is 5.50. The van der Waals surface area contributed by atoms with Gasteiger partial charge in [0.25, 0.3) is 0 Å². The summed E-state index contributed by atoms with van der Waals surface area (Å²) in [4.78, 5) is 16.5. The van der Waals surface area contributed by atoms with Gasteiger partial charge in [-0.2, -0.15) is 0 Å². The Morgan fingerprint density at radius 2 is 1.70 bits per heavy atom. The maximum absolute atomic E-state index is 11.8. The Bertz CT molecular complexity index is 1220. The maximum atomic E-state index is 11.8.